The van der Waals surface area contributed by atoms with E-state index in [2.05, 4.69) is 69.4 Å². The van der Waals surface area contributed by atoms with E-state index in [0.29, 0.717) is 19.3 Å². The molecule has 360 valence electrons. The summed E-state index contributed by atoms with van der Waals surface area (Å²) in [7, 11) is 0. The molecule has 6 heteroatoms. The molecule has 0 aliphatic heterocycles. The Bertz CT molecular complexity index is 1090. The van der Waals surface area contributed by atoms with Crippen LogP contribution in [0.4, 0.5) is 0 Å². The summed E-state index contributed by atoms with van der Waals surface area (Å²) < 4.78 is 16.8. The molecule has 0 aliphatic carbocycles. The Labute approximate surface area is 384 Å². The Morgan fingerprint density at radius 1 is 0.323 bits per heavy atom. The molecule has 0 heterocycles. The zero-order valence-corrected chi connectivity index (χ0v) is 41.1. The highest BCUT2D eigenvalue weighted by Gasteiger charge is 2.19. The predicted octanol–water partition coefficient (Wildman–Crippen LogP) is 17.5. The van der Waals surface area contributed by atoms with Crippen LogP contribution in [0, 0.1) is 0 Å². The van der Waals surface area contributed by atoms with Crippen molar-refractivity contribution in [3.8, 4) is 0 Å². The number of esters is 3. The Kier molecular flexibility index (Phi) is 48.8. The van der Waals surface area contributed by atoms with Crippen LogP contribution in [-0.2, 0) is 28.6 Å². The molecule has 62 heavy (non-hydrogen) atoms. The molecule has 0 aliphatic rings. The van der Waals surface area contributed by atoms with Crippen molar-refractivity contribution in [3.63, 3.8) is 0 Å². The van der Waals surface area contributed by atoms with Gasteiger partial charge < -0.3 is 14.2 Å². The van der Waals surface area contributed by atoms with Crippen molar-refractivity contribution in [1.82, 2.24) is 0 Å². The van der Waals surface area contributed by atoms with Crippen molar-refractivity contribution < 1.29 is 28.6 Å². The first-order valence-corrected chi connectivity index (χ1v) is 26.6. The summed E-state index contributed by atoms with van der Waals surface area (Å²) in [5, 5.41) is 0. The lowest BCUT2D eigenvalue weighted by atomic mass is 10.0. The quantitative estimate of drug-likeness (QED) is 0.0262. The van der Waals surface area contributed by atoms with E-state index in [4.69, 9.17) is 14.2 Å². The normalized spacial score (nSPS) is 12.4. The smallest absolute Gasteiger partial charge is 0.306 e. The molecule has 0 spiro atoms. The van der Waals surface area contributed by atoms with Crippen molar-refractivity contribution in [3.05, 3.63) is 48.6 Å². The van der Waals surface area contributed by atoms with E-state index in [1.165, 1.54) is 135 Å². The first kappa shape index (κ1) is 59.4. The maximum Gasteiger partial charge on any atom is 0.306 e. The summed E-state index contributed by atoms with van der Waals surface area (Å²) in [6.07, 6.45) is 60.9. The maximum absolute atomic E-state index is 12.8. The van der Waals surface area contributed by atoms with E-state index >= 15 is 0 Å². The van der Waals surface area contributed by atoms with Gasteiger partial charge >= 0.3 is 17.9 Å². The molecule has 0 saturated heterocycles. The monoisotopic (exact) mass is 869 g/mol. The molecular weight excluding hydrogens is 769 g/mol. The van der Waals surface area contributed by atoms with E-state index in [0.717, 1.165) is 96.3 Å². The summed E-state index contributed by atoms with van der Waals surface area (Å²) >= 11 is 0. The summed E-state index contributed by atoms with van der Waals surface area (Å²) in [5.74, 6) is -0.904. The van der Waals surface area contributed by atoms with Gasteiger partial charge in [0.05, 0.1) is 0 Å². The van der Waals surface area contributed by atoms with Gasteiger partial charge in [-0.05, 0) is 83.5 Å². The molecular formula is C56H100O6. The molecule has 0 radical (unpaired) electrons. The molecule has 0 fully saturated rings. The number of allylic oxidation sites excluding steroid dienone is 8. The zero-order chi connectivity index (χ0) is 45.1. The van der Waals surface area contributed by atoms with Gasteiger partial charge in [-0.25, -0.2) is 0 Å². The number of rotatable bonds is 48. The highest BCUT2D eigenvalue weighted by atomic mass is 16.6. The molecule has 0 unspecified atom stereocenters. The van der Waals surface area contributed by atoms with Gasteiger partial charge in [-0.1, -0.05) is 217 Å². The number of ether oxygens (including phenoxy) is 3. The van der Waals surface area contributed by atoms with E-state index in [1.807, 2.05) is 0 Å². The standard InChI is InChI=1S/C56H100O6/c1-4-7-10-13-16-19-22-25-27-28-29-32-34-37-40-43-46-49-55(58)61-52-53(51-60-54(57)48-45-42-39-36-33-30-24-21-18-15-12-9-6-3)62-56(59)50-47-44-41-38-35-31-26-23-20-17-14-11-8-5-2/h16,19,23,25-27,29,32,53H,4-15,17-18,20-22,24,28,30-31,33-52H2,1-3H3/b19-16+,26-23+,27-25+,32-29+/t53-/m1/s1. The van der Waals surface area contributed by atoms with Gasteiger partial charge in [0.2, 0.25) is 0 Å². The Balaban J connectivity index is 4.41. The summed E-state index contributed by atoms with van der Waals surface area (Å²) in [5.41, 5.74) is 0. The molecule has 0 saturated carbocycles. The minimum absolute atomic E-state index is 0.0813. The molecule has 0 aromatic rings. The third-order valence-corrected chi connectivity index (χ3v) is 11.6. The van der Waals surface area contributed by atoms with Crippen molar-refractivity contribution in [2.45, 2.75) is 277 Å². The van der Waals surface area contributed by atoms with Crippen molar-refractivity contribution in [1.29, 1.82) is 0 Å². The number of carbonyl (C=O) groups excluding carboxylic acids is 3. The fraction of sp³-hybridized carbons (Fsp3) is 0.804. The van der Waals surface area contributed by atoms with Crippen LogP contribution < -0.4 is 0 Å². The molecule has 6 nitrogen and oxygen atoms in total. The fourth-order valence-corrected chi connectivity index (χ4v) is 7.50. The van der Waals surface area contributed by atoms with Gasteiger partial charge in [0.25, 0.3) is 0 Å². The van der Waals surface area contributed by atoms with Gasteiger partial charge in [-0.15, -0.1) is 0 Å². The molecule has 0 bridgehead atoms. The van der Waals surface area contributed by atoms with Crippen LogP contribution in [-0.4, -0.2) is 37.2 Å². The van der Waals surface area contributed by atoms with E-state index in [-0.39, 0.29) is 31.1 Å². The van der Waals surface area contributed by atoms with Gasteiger partial charge in [0.1, 0.15) is 13.2 Å². The lowest BCUT2D eigenvalue weighted by molar-refractivity contribution is -0.167. The third kappa shape index (κ3) is 48.4. The van der Waals surface area contributed by atoms with Gasteiger partial charge in [0, 0.05) is 19.3 Å². The van der Waals surface area contributed by atoms with Crippen LogP contribution in [0.1, 0.15) is 271 Å². The molecule has 0 aromatic carbocycles. The first-order chi connectivity index (χ1) is 30.5. The Hall–Kier alpha value is -2.63. The summed E-state index contributed by atoms with van der Waals surface area (Å²) in [6, 6.07) is 0. The zero-order valence-electron chi connectivity index (χ0n) is 41.1. The van der Waals surface area contributed by atoms with Crippen LogP contribution in [0.2, 0.25) is 0 Å². The van der Waals surface area contributed by atoms with Gasteiger partial charge in [-0.3, -0.25) is 14.4 Å². The number of carbonyl (C=O) groups is 3. The second-order valence-electron chi connectivity index (χ2n) is 17.8. The van der Waals surface area contributed by atoms with Crippen molar-refractivity contribution >= 4 is 17.9 Å². The van der Waals surface area contributed by atoms with E-state index in [1.54, 1.807) is 0 Å². The predicted molar refractivity (Wildman–Crippen MR) is 265 cm³/mol. The van der Waals surface area contributed by atoms with Crippen LogP contribution in [0.5, 0.6) is 0 Å². The second kappa shape index (κ2) is 51.0. The van der Waals surface area contributed by atoms with Gasteiger partial charge in [0.15, 0.2) is 6.10 Å². The van der Waals surface area contributed by atoms with Gasteiger partial charge in [-0.2, -0.15) is 0 Å². The fourth-order valence-electron chi connectivity index (χ4n) is 7.50. The molecule has 0 rings (SSSR count). The molecule has 0 N–H and O–H groups in total. The Morgan fingerprint density at radius 2 is 0.581 bits per heavy atom. The lowest BCUT2D eigenvalue weighted by Gasteiger charge is -2.18. The topological polar surface area (TPSA) is 78.9 Å². The summed E-state index contributed by atoms with van der Waals surface area (Å²) in [6.45, 7) is 6.59. The van der Waals surface area contributed by atoms with Crippen LogP contribution in [0.15, 0.2) is 48.6 Å². The number of hydrogen-bond donors (Lipinski definition) is 0. The van der Waals surface area contributed by atoms with Crippen LogP contribution in [0.25, 0.3) is 0 Å². The van der Waals surface area contributed by atoms with E-state index in [9.17, 15) is 14.4 Å². The van der Waals surface area contributed by atoms with Crippen molar-refractivity contribution in [2.24, 2.45) is 0 Å². The van der Waals surface area contributed by atoms with E-state index < -0.39 is 6.10 Å². The average Bonchev–Trinajstić information content (AvgIpc) is 3.27. The van der Waals surface area contributed by atoms with Crippen molar-refractivity contribution in [2.75, 3.05) is 13.2 Å². The Morgan fingerprint density at radius 3 is 0.952 bits per heavy atom. The summed E-state index contributed by atoms with van der Waals surface area (Å²) in [4.78, 5) is 38.0. The lowest BCUT2D eigenvalue weighted by Crippen LogP contribution is -2.30. The average molecular weight is 869 g/mol. The highest BCUT2D eigenvalue weighted by Crippen LogP contribution is 2.15. The largest absolute Gasteiger partial charge is 0.462 e. The van der Waals surface area contributed by atoms with Crippen LogP contribution >= 0.6 is 0 Å². The minimum Gasteiger partial charge on any atom is -0.462 e. The molecule has 1 atom stereocenters. The molecule has 0 amide bonds. The maximum atomic E-state index is 12.8. The molecule has 0 aromatic heterocycles. The first-order valence-electron chi connectivity index (χ1n) is 26.6. The highest BCUT2D eigenvalue weighted by molar-refractivity contribution is 5.71. The van der Waals surface area contributed by atoms with Crippen LogP contribution in [0.3, 0.4) is 0 Å². The number of unbranched alkanes of at least 4 members (excludes halogenated alkanes) is 29. The minimum atomic E-state index is -0.783. The third-order valence-electron chi connectivity index (χ3n) is 11.6. The number of hydrogen-bond acceptors (Lipinski definition) is 6. The SMILES string of the molecule is CCCCC/C=C/C/C=C/C/C=C/CCCCCCC(=O)OC[C@@H](COC(=O)CCCCCCCCCCCCCCC)OC(=O)CCCCCCC/C=C/CCCCCCC. The second-order valence-corrected chi connectivity index (χ2v) is 17.8.